The first-order valence-electron chi connectivity index (χ1n) is 6.16. The molecule has 3 nitrogen and oxygen atoms in total. The van der Waals surface area contributed by atoms with Gasteiger partial charge in [0.05, 0.1) is 11.0 Å². The van der Waals surface area contributed by atoms with Gasteiger partial charge in [0.1, 0.15) is 11.6 Å². The second-order valence-electron chi connectivity index (χ2n) is 4.74. The molecular weight excluding hydrogens is 217 g/mol. The second-order valence-corrected chi connectivity index (χ2v) is 4.74. The Labute approximate surface area is 99.4 Å². The van der Waals surface area contributed by atoms with Crippen LogP contribution in [0.2, 0.25) is 0 Å². The van der Waals surface area contributed by atoms with Crippen molar-refractivity contribution < 1.29 is 4.39 Å². The molecule has 1 aromatic carbocycles. The van der Waals surface area contributed by atoms with E-state index in [9.17, 15) is 4.39 Å². The van der Waals surface area contributed by atoms with E-state index in [4.69, 9.17) is 0 Å². The number of halogens is 1. The van der Waals surface area contributed by atoms with Crippen molar-refractivity contribution >= 4 is 11.0 Å². The molecule has 1 aliphatic rings. The van der Waals surface area contributed by atoms with E-state index in [0.717, 1.165) is 36.4 Å². The lowest BCUT2D eigenvalue weighted by atomic mass is 9.94. The summed E-state index contributed by atoms with van der Waals surface area (Å²) in [6, 6.07) is 4.69. The number of hydrogen-bond acceptors (Lipinski definition) is 2. The van der Waals surface area contributed by atoms with Gasteiger partial charge >= 0.3 is 0 Å². The Kier molecular flexibility index (Phi) is 2.81. The van der Waals surface area contributed by atoms with E-state index >= 15 is 0 Å². The summed E-state index contributed by atoms with van der Waals surface area (Å²) in [5.41, 5.74) is 1.66. The summed E-state index contributed by atoms with van der Waals surface area (Å²) in [6.07, 6.45) is 3.37. The Bertz CT molecular complexity index is 514. The molecule has 0 unspecified atom stereocenters. The molecule has 1 aliphatic heterocycles. The number of piperidine rings is 1. The minimum atomic E-state index is -0.213. The van der Waals surface area contributed by atoms with E-state index < -0.39 is 0 Å². The fourth-order valence-corrected chi connectivity index (χ4v) is 2.49. The van der Waals surface area contributed by atoms with Gasteiger partial charge in [-0.3, -0.25) is 0 Å². The number of fused-ring (bicyclic) bond motifs is 1. The van der Waals surface area contributed by atoms with Crippen LogP contribution in [0.5, 0.6) is 0 Å². The summed E-state index contributed by atoms with van der Waals surface area (Å²) in [5.74, 6) is 1.47. The molecular formula is C13H16FN3. The summed E-state index contributed by atoms with van der Waals surface area (Å²) >= 11 is 0. The SMILES string of the molecule is Fc1ccc2nc(CC3CCNCC3)[nH]c2c1. The maximum absolute atomic E-state index is 13.0. The molecule has 17 heavy (non-hydrogen) atoms. The molecule has 0 atom stereocenters. The zero-order valence-electron chi connectivity index (χ0n) is 9.67. The number of nitrogens with one attached hydrogen (secondary N) is 2. The predicted molar refractivity (Wildman–Crippen MR) is 65.3 cm³/mol. The average molecular weight is 233 g/mol. The molecule has 90 valence electrons. The third kappa shape index (κ3) is 2.31. The summed E-state index contributed by atoms with van der Waals surface area (Å²) in [4.78, 5) is 7.72. The van der Waals surface area contributed by atoms with Gasteiger partial charge in [0.2, 0.25) is 0 Å². The molecule has 1 aromatic heterocycles. The first kappa shape index (κ1) is 10.7. The van der Waals surface area contributed by atoms with Crippen LogP contribution in [0.1, 0.15) is 18.7 Å². The largest absolute Gasteiger partial charge is 0.342 e. The van der Waals surface area contributed by atoms with Crippen LogP contribution in [0.3, 0.4) is 0 Å². The van der Waals surface area contributed by atoms with Crippen molar-refractivity contribution in [2.45, 2.75) is 19.3 Å². The molecule has 4 heteroatoms. The molecule has 2 N–H and O–H groups in total. The number of H-pyrrole nitrogens is 1. The van der Waals surface area contributed by atoms with Crippen LogP contribution in [0.25, 0.3) is 11.0 Å². The lowest BCUT2D eigenvalue weighted by Gasteiger charge is -2.21. The molecule has 0 saturated carbocycles. The molecule has 0 amide bonds. The van der Waals surface area contributed by atoms with Gasteiger partial charge in [0.25, 0.3) is 0 Å². The van der Waals surface area contributed by atoms with Gasteiger partial charge in [0, 0.05) is 6.42 Å². The third-order valence-electron chi connectivity index (χ3n) is 3.43. The number of benzene rings is 1. The molecule has 0 bridgehead atoms. The Morgan fingerprint density at radius 3 is 2.94 bits per heavy atom. The molecule has 2 heterocycles. The van der Waals surface area contributed by atoms with Crippen LogP contribution in [-0.4, -0.2) is 23.1 Å². The van der Waals surface area contributed by atoms with Crippen LogP contribution in [0.15, 0.2) is 18.2 Å². The third-order valence-corrected chi connectivity index (χ3v) is 3.43. The molecule has 2 aromatic rings. The van der Waals surface area contributed by atoms with Crippen molar-refractivity contribution in [1.29, 1.82) is 0 Å². The van der Waals surface area contributed by atoms with Gasteiger partial charge in [0.15, 0.2) is 0 Å². The van der Waals surface area contributed by atoms with E-state index in [-0.39, 0.29) is 5.82 Å². The van der Waals surface area contributed by atoms with E-state index in [1.54, 1.807) is 6.07 Å². The van der Waals surface area contributed by atoms with E-state index in [2.05, 4.69) is 15.3 Å². The van der Waals surface area contributed by atoms with Gasteiger partial charge < -0.3 is 10.3 Å². The minimum Gasteiger partial charge on any atom is -0.342 e. The maximum Gasteiger partial charge on any atom is 0.125 e. The molecule has 1 saturated heterocycles. The molecule has 0 radical (unpaired) electrons. The number of aromatic nitrogens is 2. The number of rotatable bonds is 2. The summed E-state index contributed by atoms with van der Waals surface area (Å²) in [6.45, 7) is 2.19. The van der Waals surface area contributed by atoms with Gasteiger partial charge in [-0.25, -0.2) is 9.37 Å². The smallest absolute Gasteiger partial charge is 0.125 e. The summed E-state index contributed by atoms with van der Waals surface area (Å²) in [5, 5.41) is 3.35. The fraction of sp³-hybridized carbons (Fsp3) is 0.462. The Morgan fingerprint density at radius 2 is 2.12 bits per heavy atom. The maximum atomic E-state index is 13.0. The number of aromatic amines is 1. The van der Waals surface area contributed by atoms with Crippen LogP contribution in [-0.2, 0) is 6.42 Å². The molecule has 0 aliphatic carbocycles. The van der Waals surface area contributed by atoms with Gasteiger partial charge in [-0.15, -0.1) is 0 Å². The lowest BCUT2D eigenvalue weighted by molar-refractivity contribution is 0.368. The summed E-state index contributed by atoms with van der Waals surface area (Å²) in [7, 11) is 0. The number of hydrogen-bond donors (Lipinski definition) is 2. The monoisotopic (exact) mass is 233 g/mol. The lowest BCUT2D eigenvalue weighted by Crippen LogP contribution is -2.28. The number of imidazole rings is 1. The highest BCUT2D eigenvalue weighted by atomic mass is 19.1. The Hall–Kier alpha value is -1.42. The zero-order valence-corrected chi connectivity index (χ0v) is 9.67. The molecule has 0 spiro atoms. The summed E-state index contributed by atoms with van der Waals surface area (Å²) < 4.78 is 13.0. The van der Waals surface area contributed by atoms with Crippen LogP contribution in [0.4, 0.5) is 4.39 Å². The van der Waals surface area contributed by atoms with Crippen molar-refractivity contribution in [3.63, 3.8) is 0 Å². The first-order valence-corrected chi connectivity index (χ1v) is 6.16. The highest BCUT2D eigenvalue weighted by Gasteiger charge is 2.15. The fourth-order valence-electron chi connectivity index (χ4n) is 2.49. The normalized spacial score (nSPS) is 17.7. The van der Waals surface area contributed by atoms with E-state index in [0.29, 0.717) is 5.92 Å². The quantitative estimate of drug-likeness (QED) is 0.835. The highest BCUT2D eigenvalue weighted by molar-refractivity contribution is 5.74. The van der Waals surface area contributed by atoms with Crippen molar-refractivity contribution in [1.82, 2.24) is 15.3 Å². The average Bonchev–Trinajstić information content (AvgIpc) is 2.71. The topological polar surface area (TPSA) is 40.7 Å². The Morgan fingerprint density at radius 1 is 1.29 bits per heavy atom. The standard InChI is InChI=1S/C13H16FN3/c14-10-1-2-11-12(8-10)17-13(16-11)7-9-3-5-15-6-4-9/h1-2,8-9,15H,3-7H2,(H,16,17). The van der Waals surface area contributed by atoms with Crippen LogP contribution in [0, 0.1) is 11.7 Å². The van der Waals surface area contributed by atoms with Crippen molar-refractivity contribution in [3.05, 3.63) is 29.8 Å². The van der Waals surface area contributed by atoms with Crippen molar-refractivity contribution in [2.24, 2.45) is 5.92 Å². The number of nitrogens with zero attached hydrogens (tertiary/aromatic N) is 1. The van der Waals surface area contributed by atoms with Gasteiger partial charge in [-0.2, -0.15) is 0 Å². The second kappa shape index (κ2) is 4.45. The predicted octanol–water partition coefficient (Wildman–Crippen LogP) is 2.24. The van der Waals surface area contributed by atoms with Crippen molar-refractivity contribution in [2.75, 3.05) is 13.1 Å². The Balaban J connectivity index is 1.80. The first-order chi connectivity index (χ1) is 8.31. The van der Waals surface area contributed by atoms with Crippen LogP contribution < -0.4 is 5.32 Å². The highest BCUT2D eigenvalue weighted by Crippen LogP contribution is 2.19. The molecule has 1 fully saturated rings. The zero-order chi connectivity index (χ0) is 11.7. The van der Waals surface area contributed by atoms with Crippen molar-refractivity contribution in [3.8, 4) is 0 Å². The molecule has 3 rings (SSSR count). The van der Waals surface area contributed by atoms with Gasteiger partial charge in [-0.1, -0.05) is 0 Å². The van der Waals surface area contributed by atoms with E-state index in [1.807, 2.05) is 0 Å². The van der Waals surface area contributed by atoms with Crippen LogP contribution >= 0.6 is 0 Å². The van der Waals surface area contributed by atoms with E-state index in [1.165, 1.54) is 25.0 Å². The minimum absolute atomic E-state index is 0.213. The van der Waals surface area contributed by atoms with Gasteiger partial charge in [-0.05, 0) is 50.0 Å².